The molecule has 1 aliphatic rings. The summed E-state index contributed by atoms with van der Waals surface area (Å²) in [4.78, 5) is 2.46. The number of halogens is 1. The summed E-state index contributed by atoms with van der Waals surface area (Å²) in [5.74, 6) is 1.24. The number of rotatable bonds is 4. The highest BCUT2D eigenvalue weighted by Gasteiger charge is 2.24. The van der Waals surface area contributed by atoms with E-state index in [4.69, 9.17) is 11.6 Å². The number of benzene rings is 1. The number of phenolic OH excluding ortho intramolecular Hbond substituents is 1. The van der Waals surface area contributed by atoms with Crippen molar-refractivity contribution < 1.29 is 5.11 Å². The van der Waals surface area contributed by atoms with Crippen molar-refractivity contribution in [2.45, 2.75) is 45.6 Å². The number of hydrogen-bond donors (Lipinski definition) is 1. The molecule has 1 aliphatic heterocycles. The van der Waals surface area contributed by atoms with Crippen LogP contribution < -0.4 is 0 Å². The number of hydrogen-bond acceptors (Lipinski definition) is 2. The Morgan fingerprint density at radius 2 is 2.05 bits per heavy atom. The molecule has 106 valence electrons. The predicted octanol–water partition coefficient (Wildman–Crippen LogP) is 4.62. The molecule has 1 atom stereocenters. The summed E-state index contributed by atoms with van der Waals surface area (Å²) in [7, 11) is 0. The third-order valence-corrected chi connectivity index (χ3v) is 4.57. The molecule has 1 fully saturated rings. The normalized spacial score (nSPS) is 19.5. The maximum absolute atomic E-state index is 9.99. The molecule has 0 aromatic heterocycles. The van der Waals surface area contributed by atoms with Gasteiger partial charge in [0.1, 0.15) is 5.75 Å². The Hall–Kier alpha value is -0.730. The molecular formula is C16H24ClNO. The lowest BCUT2D eigenvalue weighted by Gasteiger charge is -2.36. The first-order valence-electron chi connectivity index (χ1n) is 7.34. The van der Waals surface area contributed by atoms with Crippen LogP contribution in [0, 0.1) is 5.92 Å². The monoisotopic (exact) mass is 281 g/mol. The number of nitrogens with zero attached hydrogens (tertiary/aromatic N) is 1. The molecule has 1 N–H and O–H groups in total. The van der Waals surface area contributed by atoms with Crippen molar-refractivity contribution >= 4 is 11.6 Å². The average molecular weight is 282 g/mol. The smallest absolute Gasteiger partial charge is 0.120 e. The van der Waals surface area contributed by atoms with Gasteiger partial charge in [0, 0.05) is 16.6 Å². The highest BCUT2D eigenvalue weighted by atomic mass is 35.5. The Labute approximate surface area is 121 Å². The average Bonchev–Trinajstić information content (AvgIpc) is 2.42. The molecule has 1 aromatic carbocycles. The Kier molecular flexibility index (Phi) is 5.12. The van der Waals surface area contributed by atoms with E-state index in [2.05, 4.69) is 18.7 Å². The van der Waals surface area contributed by atoms with Crippen LogP contribution in [-0.2, 0) is 0 Å². The van der Waals surface area contributed by atoms with E-state index < -0.39 is 0 Å². The Bertz CT molecular complexity index is 413. The van der Waals surface area contributed by atoms with E-state index in [1.165, 1.54) is 25.7 Å². The Balaban J connectivity index is 2.01. The van der Waals surface area contributed by atoms with Crippen molar-refractivity contribution in [1.29, 1.82) is 0 Å². The molecule has 0 bridgehead atoms. The fourth-order valence-electron chi connectivity index (χ4n) is 3.09. The molecule has 1 aromatic rings. The lowest BCUT2D eigenvalue weighted by Crippen LogP contribution is -2.35. The van der Waals surface area contributed by atoms with Gasteiger partial charge in [-0.1, -0.05) is 31.4 Å². The highest BCUT2D eigenvalue weighted by molar-refractivity contribution is 6.30. The molecule has 0 amide bonds. The van der Waals surface area contributed by atoms with Crippen LogP contribution in [0.15, 0.2) is 18.2 Å². The predicted molar refractivity (Wildman–Crippen MR) is 80.7 cm³/mol. The van der Waals surface area contributed by atoms with Gasteiger partial charge in [-0.05, 0) is 57.0 Å². The van der Waals surface area contributed by atoms with Gasteiger partial charge < -0.3 is 5.11 Å². The second-order valence-electron chi connectivity index (χ2n) is 5.65. The fraction of sp³-hybridized carbons (Fsp3) is 0.625. The van der Waals surface area contributed by atoms with Crippen molar-refractivity contribution in [3.05, 3.63) is 28.8 Å². The van der Waals surface area contributed by atoms with E-state index in [0.29, 0.717) is 10.8 Å². The summed E-state index contributed by atoms with van der Waals surface area (Å²) in [6, 6.07) is 5.56. The SMILES string of the molecule is CCCC1CCN(C(C)c2cc(Cl)ccc2O)CC1. The zero-order valence-electron chi connectivity index (χ0n) is 11.9. The molecule has 19 heavy (non-hydrogen) atoms. The first-order valence-corrected chi connectivity index (χ1v) is 7.72. The van der Waals surface area contributed by atoms with Gasteiger partial charge in [0.25, 0.3) is 0 Å². The molecule has 2 rings (SSSR count). The molecule has 1 unspecified atom stereocenters. The number of likely N-dealkylation sites (tertiary alicyclic amines) is 1. The lowest BCUT2D eigenvalue weighted by molar-refractivity contribution is 0.135. The molecule has 0 spiro atoms. The van der Waals surface area contributed by atoms with Crippen LogP contribution in [0.3, 0.4) is 0 Å². The number of phenols is 1. The van der Waals surface area contributed by atoms with Crippen molar-refractivity contribution in [3.8, 4) is 5.75 Å². The number of aromatic hydroxyl groups is 1. The van der Waals surface area contributed by atoms with Crippen LogP contribution in [0.4, 0.5) is 0 Å². The van der Waals surface area contributed by atoms with Crippen LogP contribution in [0.2, 0.25) is 5.02 Å². The third-order valence-electron chi connectivity index (χ3n) is 4.33. The molecule has 1 heterocycles. The summed E-state index contributed by atoms with van der Waals surface area (Å²) < 4.78 is 0. The van der Waals surface area contributed by atoms with Crippen LogP contribution in [-0.4, -0.2) is 23.1 Å². The summed E-state index contributed by atoms with van der Waals surface area (Å²) in [5.41, 5.74) is 0.946. The van der Waals surface area contributed by atoms with Gasteiger partial charge in [-0.25, -0.2) is 0 Å². The maximum atomic E-state index is 9.99. The topological polar surface area (TPSA) is 23.5 Å². The highest BCUT2D eigenvalue weighted by Crippen LogP contribution is 2.33. The third kappa shape index (κ3) is 3.64. The van der Waals surface area contributed by atoms with Crippen LogP contribution in [0.25, 0.3) is 0 Å². The number of piperidine rings is 1. The van der Waals surface area contributed by atoms with Crippen LogP contribution in [0.5, 0.6) is 5.75 Å². The fourth-order valence-corrected chi connectivity index (χ4v) is 3.27. The van der Waals surface area contributed by atoms with E-state index in [0.717, 1.165) is 24.6 Å². The molecule has 2 nitrogen and oxygen atoms in total. The first-order chi connectivity index (χ1) is 9.11. The van der Waals surface area contributed by atoms with Gasteiger partial charge in [0.15, 0.2) is 0 Å². The standard InChI is InChI=1S/C16H24ClNO/c1-3-4-13-7-9-18(10-8-13)12(2)15-11-14(17)5-6-16(15)19/h5-6,11-13,19H,3-4,7-10H2,1-2H3. The summed E-state index contributed by atoms with van der Waals surface area (Å²) >= 11 is 6.03. The Morgan fingerprint density at radius 3 is 2.68 bits per heavy atom. The van der Waals surface area contributed by atoms with Gasteiger partial charge >= 0.3 is 0 Å². The molecule has 0 saturated carbocycles. The minimum absolute atomic E-state index is 0.237. The molecular weight excluding hydrogens is 258 g/mol. The maximum Gasteiger partial charge on any atom is 0.120 e. The molecule has 0 aliphatic carbocycles. The van der Waals surface area contributed by atoms with Gasteiger partial charge in [-0.3, -0.25) is 4.90 Å². The summed E-state index contributed by atoms with van der Waals surface area (Å²) in [5, 5.41) is 10.7. The summed E-state index contributed by atoms with van der Waals surface area (Å²) in [6.45, 7) is 6.67. The Morgan fingerprint density at radius 1 is 1.37 bits per heavy atom. The second kappa shape index (κ2) is 6.62. The van der Waals surface area contributed by atoms with Gasteiger partial charge in [-0.15, -0.1) is 0 Å². The molecule has 0 radical (unpaired) electrons. The van der Waals surface area contributed by atoms with Crippen molar-refractivity contribution in [2.24, 2.45) is 5.92 Å². The zero-order valence-corrected chi connectivity index (χ0v) is 12.7. The second-order valence-corrected chi connectivity index (χ2v) is 6.08. The minimum atomic E-state index is 0.237. The van der Waals surface area contributed by atoms with Crippen molar-refractivity contribution in [3.63, 3.8) is 0 Å². The molecule has 1 saturated heterocycles. The van der Waals surface area contributed by atoms with E-state index >= 15 is 0 Å². The van der Waals surface area contributed by atoms with E-state index in [1.54, 1.807) is 12.1 Å². The quantitative estimate of drug-likeness (QED) is 0.870. The summed E-state index contributed by atoms with van der Waals surface area (Å²) in [6.07, 6.45) is 5.19. The molecule has 3 heteroatoms. The zero-order chi connectivity index (χ0) is 13.8. The minimum Gasteiger partial charge on any atom is -0.508 e. The first kappa shape index (κ1) is 14.7. The van der Waals surface area contributed by atoms with Gasteiger partial charge in [0.2, 0.25) is 0 Å². The lowest BCUT2D eigenvalue weighted by atomic mass is 9.91. The van der Waals surface area contributed by atoms with Crippen LogP contribution in [0.1, 0.15) is 51.1 Å². The van der Waals surface area contributed by atoms with Crippen molar-refractivity contribution in [1.82, 2.24) is 4.90 Å². The van der Waals surface area contributed by atoms with Crippen LogP contribution >= 0.6 is 11.6 Å². The van der Waals surface area contributed by atoms with E-state index in [9.17, 15) is 5.11 Å². The largest absolute Gasteiger partial charge is 0.508 e. The van der Waals surface area contributed by atoms with E-state index in [1.807, 2.05) is 6.07 Å². The van der Waals surface area contributed by atoms with E-state index in [-0.39, 0.29) is 6.04 Å². The van der Waals surface area contributed by atoms with Crippen molar-refractivity contribution in [2.75, 3.05) is 13.1 Å². The van der Waals surface area contributed by atoms with Gasteiger partial charge in [0.05, 0.1) is 0 Å². The van der Waals surface area contributed by atoms with Gasteiger partial charge in [-0.2, -0.15) is 0 Å².